The zero-order valence-corrected chi connectivity index (χ0v) is 8.71. The number of halogens is 2. The van der Waals surface area contributed by atoms with Gasteiger partial charge in [-0.05, 0) is 31.8 Å². The van der Waals surface area contributed by atoms with Crippen molar-refractivity contribution in [2.24, 2.45) is 0 Å². The largest absolute Gasteiger partial charge is 0.433 e. The Labute approximate surface area is 87.4 Å². The highest BCUT2D eigenvalue weighted by atomic mass is 19.3. The number of alkyl halides is 2. The summed E-state index contributed by atoms with van der Waals surface area (Å²) in [6, 6.07) is 4.81. The topological polar surface area (TPSA) is 38.5 Å². The van der Waals surface area contributed by atoms with Crippen molar-refractivity contribution >= 4 is 5.69 Å². The van der Waals surface area contributed by atoms with Crippen molar-refractivity contribution in [3.63, 3.8) is 0 Å². The van der Waals surface area contributed by atoms with Crippen molar-refractivity contribution in [2.45, 2.75) is 13.2 Å². The number of ether oxygens (including phenoxy) is 1. The molecule has 0 radical (unpaired) electrons. The second-order valence-corrected chi connectivity index (χ2v) is 3.49. The first-order valence-electron chi connectivity index (χ1n) is 4.47. The molecule has 0 aromatic heterocycles. The highest BCUT2D eigenvalue weighted by molar-refractivity contribution is 5.54. The Morgan fingerprint density at radius 3 is 2.53 bits per heavy atom. The molecule has 0 bridgehead atoms. The van der Waals surface area contributed by atoms with Crippen LogP contribution in [0.25, 0.3) is 0 Å². The Hall–Kier alpha value is -1.36. The van der Waals surface area contributed by atoms with E-state index in [1.807, 2.05) is 19.0 Å². The molecule has 0 spiro atoms. The zero-order chi connectivity index (χ0) is 11.4. The van der Waals surface area contributed by atoms with Gasteiger partial charge in [0.05, 0.1) is 5.69 Å². The van der Waals surface area contributed by atoms with Crippen LogP contribution in [0.1, 0.15) is 5.56 Å². The number of anilines is 1. The van der Waals surface area contributed by atoms with Crippen LogP contribution in [-0.2, 0) is 6.54 Å². The Kier molecular flexibility index (Phi) is 3.85. The van der Waals surface area contributed by atoms with Crippen LogP contribution in [-0.4, -0.2) is 25.6 Å². The Morgan fingerprint density at radius 1 is 1.40 bits per heavy atom. The minimum atomic E-state index is -2.84. The fraction of sp³-hybridized carbons (Fsp3) is 0.400. The molecule has 0 heterocycles. The Balaban J connectivity index is 2.78. The number of rotatable bonds is 4. The van der Waals surface area contributed by atoms with E-state index in [1.165, 1.54) is 6.07 Å². The van der Waals surface area contributed by atoms with Crippen LogP contribution in [0.5, 0.6) is 5.75 Å². The molecular weight excluding hydrogens is 202 g/mol. The van der Waals surface area contributed by atoms with Crippen molar-refractivity contribution in [3.8, 4) is 5.75 Å². The van der Waals surface area contributed by atoms with Gasteiger partial charge < -0.3 is 15.4 Å². The summed E-state index contributed by atoms with van der Waals surface area (Å²) in [6.07, 6.45) is 0. The molecule has 3 nitrogen and oxygen atoms in total. The summed E-state index contributed by atoms with van der Waals surface area (Å²) in [4.78, 5) is 1.96. The van der Waals surface area contributed by atoms with Gasteiger partial charge in [0.15, 0.2) is 0 Å². The molecule has 2 N–H and O–H groups in total. The number of hydrogen-bond acceptors (Lipinski definition) is 3. The van der Waals surface area contributed by atoms with Gasteiger partial charge in [-0.25, -0.2) is 0 Å². The van der Waals surface area contributed by atoms with E-state index in [4.69, 9.17) is 5.73 Å². The second kappa shape index (κ2) is 4.93. The van der Waals surface area contributed by atoms with E-state index in [1.54, 1.807) is 12.1 Å². The summed E-state index contributed by atoms with van der Waals surface area (Å²) in [7, 11) is 3.83. The molecule has 0 aliphatic carbocycles. The average Bonchev–Trinajstić information content (AvgIpc) is 2.08. The van der Waals surface area contributed by atoms with E-state index in [9.17, 15) is 8.78 Å². The number of nitrogens with two attached hydrogens (primary N) is 1. The lowest BCUT2D eigenvalue weighted by atomic mass is 10.2. The molecular formula is C10H14F2N2O. The van der Waals surface area contributed by atoms with Crippen LogP contribution in [0.2, 0.25) is 0 Å². The van der Waals surface area contributed by atoms with E-state index in [0.717, 1.165) is 5.56 Å². The quantitative estimate of drug-likeness (QED) is 0.781. The summed E-state index contributed by atoms with van der Waals surface area (Å²) < 4.78 is 28.1. The molecule has 0 unspecified atom stereocenters. The third kappa shape index (κ3) is 3.71. The lowest BCUT2D eigenvalue weighted by Gasteiger charge is -2.12. The maximum atomic E-state index is 11.9. The van der Waals surface area contributed by atoms with Gasteiger partial charge in [-0.2, -0.15) is 8.78 Å². The second-order valence-electron chi connectivity index (χ2n) is 3.49. The smallest absolute Gasteiger partial charge is 0.387 e. The van der Waals surface area contributed by atoms with E-state index in [0.29, 0.717) is 6.54 Å². The number of benzene rings is 1. The summed E-state index contributed by atoms with van der Waals surface area (Å²) >= 11 is 0. The first-order chi connectivity index (χ1) is 6.99. The van der Waals surface area contributed by atoms with E-state index < -0.39 is 6.61 Å². The monoisotopic (exact) mass is 216 g/mol. The van der Waals surface area contributed by atoms with Gasteiger partial charge in [0.25, 0.3) is 0 Å². The molecule has 0 amide bonds. The van der Waals surface area contributed by atoms with Gasteiger partial charge in [0.2, 0.25) is 0 Å². The molecule has 1 rings (SSSR count). The van der Waals surface area contributed by atoms with Gasteiger partial charge in [-0.1, -0.05) is 6.07 Å². The van der Waals surface area contributed by atoms with E-state index >= 15 is 0 Å². The summed E-state index contributed by atoms with van der Waals surface area (Å²) in [5.41, 5.74) is 6.76. The molecule has 0 aliphatic rings. The summed E-state index contributed by atoms with van der Waals surface area (Å²) in [6.45, 7) is -2.13. The average molecular weight is 216 g/mol. The molecule has 0 atom stereocenters. The Morgan fingerprint density at radius 2 is 2.07 bits per heavy atom. The maximum absolute atomic E-state index is 11.9. The minimum Gasteiger partial charge on any atom is -0.433 e. The van der Waals surface area contributed by atoms with E-state index in [2.05, 4.69) is 4.74 Å². The molecule has 5 heteroatoms. The van der Waals surface area contributed by atoms with Crippen LogP contribution in [0, 0.1) is 0 Å². The number of nitrogen functional groups attached to an aromatic ring is 1. The van der Waals surface area contributed by atoms with Crippen molar-refractivity contribution in [2.75, 3.05) is 19.8 Å². The molecule has 15 heavy (non-hydrogen) atoms. The molecule has 1 aromatic rings. The van der Waals surface area contributed by atoms with E-state index in [-0.39, 0.29) is 11.4 Å². The van der Waals surface area contributed by atoms with Crippen LogP contribution < -0.4 is 10.5 Å². The Bertz CT molecular complexity index is 329. The highest BCUT2D eigenvalue weighted by Gasteiger charge is 2.08. The SMILES string of the molecule is CN(C)Cc1ccc(OC(F)F)c(N)c1. The van der Waals surface area contributed by atoms with Crippen molar-refractivity contribution in [3.05, 3.63) is 23.8 Å². The van der Waals surface area contributed by atoms with Crippen molar-refractivity contribution in [1.29, 1.82) is 0 Å². The van der Waals surface area contributed by atoms with Crippen LogP contribution in [0.3, 0.4) is 0 Å². The third-order valence-electron chi connectivity index (χ3n) is 1.79. The van der Waals surface area contributed by atoms with Gasteiger partial charge >= 0.3 is 6.61 Å². The fourth-order valence-corrected chi connectivity index (χ4v) is 1.26. The van der Waals surface area contributed by atoms with Crippen molar-refractivity contribution < 1.29 is 13.5 Å². The number of hydrogen-bond donors (Lipinski definition) is 1. The van der Waals surface area contributed by atoms with Gasteiger partial charge in [0, 0.05) is 6.54 Å². The minimum absolute atomic E-state index is 0.0208. The lowest BCUT2D eigenvalue weighted by molar-refractivity contribution is -0.0493. The standard InChI is InChI=1S/C10H14F2N2O/c1-14(2)6-7-3-4-9(8(13)5-7)15-10(11)12/h3-5,10H,6,13H2,1-2H3. The van der Waals surface area contributed by atoms with Crippen LogP contribution >= 0.6 is 0 Å². The predicted molar refractivity (Wildman–Crippen MR) is 54.9 cm³/mol. The van der Waals surface area contributed by atoms with Crippen LogP contribution in [0.15, 0.2) is 18.2 Å². The van der Waals surface area contributed by atoms with Gasteiger partial charge in [-0.15, -0.1) is 0 Å². The first-order valence-corrected chi connectivity index (χ1v) is 4.47. The van der Waals surface area contributed by atoms with Gasteiger partial charge in [-0.3, -0.25) is 0 Å². The first kappa shape index (κ1) is 11.7. The summed E-state index contributed by atoms with van der Waals surface area (Å²) in [5, 5.41) is 0. The molecule has 0 saturated heterocycles. The highest BCUT2D eigenvalue weighted by Crippen LogP contribution is 2.24. The molecule has 84 valence electrons. The zero-order valence-electron chi connectivity index (χ0n) is 8.71. The van der Waals surface area contributed by atoms with Crippen molar-refractivity contribution in [1.82, 2.24) is 4.90 Å². The fourth-order valence-electron chi connectivity index (χ4n) is 1.26. The van der Waals surface area contributed by atoms with Crippen LogP contribution in [0.4, 0.5) is 14.5 Å². The number of nitrogens with zero attached hydrogens (tertiary/aromatic N) is 1. The lowest BCUT2D eigenvalue weighted by Crippen LogP contribution is -2.11. The molecule has 1 aromatic carbocycles. The third-order valence-corrected chi connectivity index (χ3v) is 1.79. The molecule has 0 saturated carbocycles. The maximum Gasteiger partial charge on any atom is 0.387 e. The normalized spacial score (nSPS) is 11.1. The molecule has 0 aliphatic heterocycles. The van der Waals surface area contributed by atoms with Gasteiger partial charge in [0.1, 0.15) is 5.75 Å². The predicted octanol–water partition coefficient (Wildman–Crippen LogP) is 1.93. The molecule has 0 fully saturated rings. The summed E-state index contributed by atoms with van der Waals surface area (Å²) in [5.74, 6) is 0.0208.